The molecule has 0 bridgehead atoms. The molecule has 0 aromatic heterocycles. The lowest BCUT2D eigenvalue weighted by Crippen LogP contribution is -2.26. The van der Waals surface area contributed by atoms with Crippen LogP contribution in [0, 0.1) is 0 Å². The quantitative estimate of drug-likeness (QED) is 0.646. The van der Waals surface area contributed by atoms with Crippen molar-refractivity contribution in [1.82, 2.24) is 4.90 Å². The second-order valence-electron chi connectivity index (χ2n) is 3.86. The highest BCUT2D eigenvalue weighted by atomic mass is 15.3. The monoisotopic (exact) mass is 203 g/mol. The van der Waals surface area contributed by atoms with Crippen LogP contribution in [0.4, 0.5) is 0 Å². The Morgan fingerprint density at radius 1 is 1.33 bits per heavy atom. The van der Waals surface area contributed by atoms with Crippen molar-refractivity contribution >= 4 is 12.2 Å². The van der Waals surface area contributed by atoms with Gasteiger partial charge in [-0.15, -0.1) is 0 Å². The molecular formula is C12H17N3. The Labute approximate surface area is 90.9 Å². The van der Waals surface area contributed by atoms with Gasteiger partial charge in [0.2, 0.25) is 5.96 Å². The van der Waals surface area contributed by atoms with Crippen molar-refractivity contribution in [3.63, 3.8) is 0 Å². The summed E-state index contributed by atoms with van der Waals surface area (Å²) >= 11 is 0. The largest absolute Gasteiger partial charge is 0.293 e. The van der Waals surface area contributed by atoms with Gasteiger partial charge in [0.05, 0.1) is 6.04 Å². The van der Waals surface area contributed by atoms with Gasteiger partial charge in [-0.2, -0.15) is 0 Å². The van der Waals surface area contributed by atoms with Crippen molar-refractivity contribution in [3.8, 4) is 0 Å². The molecule has 1 atom stereocenters. The Morgan fingerprint density at radius 2 is 2.27 bits per heavy atom. The molecule has 0 saturated carbocycles. The normalized spacial score (nSPS) is 22.9. The minimum Gasteiger partial charge on any atom is -0.293 e. The first kappa shape index (κ1) is 10.1. The van der Waals surface area contributed by atoms with E-state index in [9.17, 15) is 0 Å². The molecular weight excluding hydrogens is 186 g/mol. The summed E-state index contributed by atoms with van der Waals surface area (Å²) in [4.78, 5) is 10.8. The first-order valence-electron chi connectivity index (χ1n) is 5.65. The molecule has 0 radical (unpaired) electrons. The maximum absolute atomic E-state index is 4.58. The Kier molecular flexibility index (Phi) is 3.33. The van der Waals surface area contributed by atoms with Crippen molar-refractivity contribution < 1.29 is 0 Å². The van der Waals surface area contributed by atoms with E-state index in [4.69, 9.17) is 0 Å². The van der Waals surface area contributed by atoms with E-state index in [0.29, 0.717) is 6.04 Å². The molecule has 0 aliphatic carbocycles. The molecule has 0 fully saturated rings. The van der Waals surface area contributed by atoms with E-state index in [-0.39, 0.29) is 0 Å². The van der Waals surface area contributed by atoms with E-state index in [1.165, 1.54) is 19.3 Å². The third kappa shape index (κ3) is 2.55. The Balaban J connectivity index is 1.92. The van der Waals surface area contributed by atoms with Crippen LogP contribution in [0.1, 0.15) is 32.6 Å². The lowest BCUT2D eigenvalue weighted by molar-refractivity contribution is 0.593. The molecule has 1 unspecified atom stereocenters. The first-order chi connectivity index (χ1) is 7.40. The van der Waals surface area contributed by atoms with Gasteiger partial charge in [-0.1, -0.05) is 26.2 Å². The van der Waals surface area contributed by atoms with Crippen molar-refractivity contribution in [2.45, 2.75) is 38.6 Å². The molecule has 80 valence electrons. The number of guanidine groups is 1. The van der Waals surface area contributed by atoms with Crippen LogP contribution in [-0.4, -0.2) is 23.1 Å². The van der Waals surface area contributed by atoms with Crippen LogP contribution < -0.4 is 0 Å². The number of aliphatic imine (C=N–C) groups is 2. The van der Waals surface area contributed by atoms with Gasteiger partial charge < -0.3 is 0 Å². The van der Waals surface area contributed by atoms with E-state index in [1.807, 2.05) is 17.2 Å². The second kappa shape index (κ2) is 4.91. The van der Waals surface area contributed by atoms with Crippen LogP contribution in [0.25, 0.3) is 0 Å². The van der Waals surface area contributed by atoms with Crippen LogP contribution >= 0.6 is 0 Å². The summed E-state index contributed by atoms with van der Waals surface area (Å²) in [6.45, 7) is 2.22. The van der Waals surface area contributed by atoms with Crippen molar-refractivity contribution in [2.75, 3.05) is 0 Å². The van der Waals surface area contributed by atoms with Crippen molar-refractivity contribution in [3.05, 3.63) is 24.6 Å². The minimum absolute atomic E-state index is 0.325. The standard InChI is InChI=1S/C12H17N3/c1-2-3-4-6-11-7-10-15-9-5-8-13-12(15)14-11/h5,7-11H,2-4,6H2,1H3. The molecule has 0 saturated heterocycles. The van der Waals surface area contributed by atoms with Gasteiger partial charge in [0, 0.05) is 18.6 Å². The molecule has 2 heterocycles. The summed E-state index contributed by atoms with van der Waals surface area (Å²) in [7, 11) is 0. The molecule has 2 rings (SSSR count). The maximum atomic E-state index is 4.58. The highest BCUT2D eigenvalue weighted by Gasteiger charge is 2.14. The molecule has 2 aliphatic rings. The predicted octanol–water partition coefficient (Wildman–Crippen LogP) is 2.72. The van der Waals surface area contributed by atoms with Gasteiger partial charge in [0.15, 0.2) is 0 Å². The number of allylic oxidation sites excluding steroid dienone is 1. The van der Waals surface area contributed by atoms with E-state index in [0.717, 1.165) is 12.4 Å². The summed E-state index contributed by atoms with van der Waals surface area (Å²) in [5, 5.41) is 0. The number of hydrogen-bond donors (Lipinski definition) is 0. The molecule has 2 aliphatic heterocycles. The molecule has 0 spiro atoms. The molecule has 0 amide bonds. The molecule has 0 N–H and O–H groups in total. The van der Waals surface area contributed by atoms with Gasteiger partial charge in [-0.3, -0.25) is 4.90 Å². The zero-order chi connectivity index (χ0) is 10.5. The Bertz CT molecular complexity index is 326. The number of fused-ring (bicyclic) bond motifs is 1. The third-order valence-corrected chi connectivity index (χ3v) is 2.61. The third-order valence-electron chi connectivity index (χ3n) is 2.61. The van der Waals surface area contributed by atoms with E-state index in [1.54, 1.807) is 6.21 Å². The number of nitrogens with zero attached hydrogens (tertiary/aromatic N) is 3. The lowest BCUT2D eigenvalue weighted by Gasteiger charge is -2.23. The Hall–Kier alpha value is -1.38. The average Bonchev–Trinajstić information content (AvgIpc) is 2.29. The lowest BCUT2D eigenvalue weighted by atomic mass is 10.1. The fraction of sp³-hybridized carbons (Fsp3) is 0.500. The fourth-order valence-electron chi connectivity index (χ4n) is 1.74. The Morgan fingerprint density at radius 3 is 3.13 bits per heavy atom. The van der Waals surface area contributed by atoms with Gasteiger partial charge in [0.25, 0.3) is 0 Å². The van der Waals surface area contributed by atoms with Crippen molar-refractivity contribution in [2.24, 2.45) is 9.98 Å². The topological polar surface area (TPSA) is 28.0 Å². The zero-order valence-corrected chi connectivity index (χ0v) is 9.13. The summed E-state index contributed by atoms with van der Waals surface area (Å²) in [6.07, 6.45) is 14.9. The van der Waals surface area contributed by atoms with Gasteiger partial charge in [-0.05, 0) is 18.6 Å². The van der Waals surface area contributed by atoms with Crippen LogP contribution in [-0.2, 0) is 0 Å². The maximum Gasteiger partial charge on any atom is 0.229 e. The summed E-state index contributed by atoms with van der Waals surface area (Å²) < 4.78 is 0. The van der Waals surface area contributed by atoms with Crippen LogP contribution in [0.5, 0.6) is 0 Å². The molecule has 0 aromatic carbocycles. The molecule has 3 nitrogen and oxygen atoms in total. The predicted molar refractivity (Wildman–Crippen MR) is 64.0 cm³/mol. The average molecular weight is 203 g/mol. The van der Waals surface area contributed by atoms with Gasteiger partial charge in [0.1, 0.15) is 0 Å². The summed E-state index contributed by atoms with van der Waals surface area (Å²) in [5.41, 5.74) is 0. The zero-order valence-electron chi connectivity index (χ0n) is 9.13. The van der Waals surface area contributed by atoms with Crippen LogP contribution in [0.15, 0.2) is 34.5 Å². The minimum atomic E-state index is 0.325. The molecule has 15 heavy (non-hydrogen) atoms. The molecule has 3 heteroatoms. The number of rotatable bonds is 4. The van der Waals surface area contributed by atoms with E-state index >= 15 is 0 Å². The number of unbranched alkanes of at least 4 members (excludes halogenated alkanes) is 2. The van der Waals surface area contributed by atoms with Crippen molar-refractivity contribution in [1.29, 1.82) is 0 Å². The summed E-state index contributed by atoms with van der Waals surface area (Å²) in [6, 6.07) is 0.325. The van der Waals surface area contributed by atoms with Crippen LogP contribution in [0.3, 0.4) is 0 Å². The summed E-state index contributed by atoms with van der Waals surface area (Å²) in [5.74, 6) is 0.821. The van der Waals surface area contributed by atoms with Crippen LogP contribution in [0.2, 0.25) is 0 Å². The van der Waals surface area contributed by atoms with E-state index < -0.39 is 0 Å². The van der Waals surface area contributed by atoms with Gasteiger partial charge >= 0.3 is 0 Å². The van der Waals surface area contributed by atoms with Gasteiger partial charge in [-0.25, -0.2) is 9.98 Å². The smallest absolute Gasteiger partial charge is 0.229 e. The second-order valence-corrected chi connectivity index (χ2v) is 3.86. The number of hydrogen-bond acceptors (Lipinski definition) is 3. The van der Waals surface area contributed by atoms with E-state index in [2.05, 4.69) is 29.2 Å². The SMILES string of the molecule is CCCCCC1C=CN2C=CC=NC2=N1. The first-order valence-corrected chi connectivity index (χ1v) is 5.65. The highest BCUT2D eigenvalue weighted by molar-refractivity contribution is 5.95. The highest BCUT2D eigenvalue weighted by Crippen LogP contribution is 2.15. The fourth-order valence-corrected chi connectivity index (χ4v) is 1.74. The molecule has 0 aromatic rings.